The minimum Gasteiger partial charge on any atom is -0.330 e. The monoisotopic (exact) mass is 210 g/mol. The smallest absolute Gasteiger partial charge is 0.304 e. The Balaban J connectivity index is 2.87. The van der Waals surface area contributed by atoms with Crippen LogP contribution in [-0.4, -0.2) is 11.5 Å². The summed E-state index contributed by atoms with van der Waals surface area (Å²) in [5, 5.41) is 10.3. The zero-order chi connectivity index (χ0) is 11.3. The summed E-state index contributed by atoms with van der Waals surface area (Å²) in [6.07, 6.45) is 4.17. The van der Waals surface area contributed by atoms with E-state index in [2.05, 4.69) is 0 Å². The molecule has 2 N–H and O–H groups in total. The molecule has 1 aromatic carbocycles. The summed E-state index contributed by atoms with van der Waals surface area (Å²) < 4.78 is 13.1. The molecule has 5 heteroatoms. The summed E-state index contributed by atoms with van der Waals surface area (Å²) in [6, 6.07) is 3.77. The van der Waals surface area contributed by atoms with Crippen LogP contribution in [0.25, 0.3) is 6.08 Å². The normalized spacial score (nSPS) is 10.8. The van der Waals surface area contributed by atoms with Crippen molar-refractivity contribution in [3.63, 3.8) is 0 Å². The minimum atomic E-state index is -0.824. The molecule has 4 nitrogen and oxygen atoms in total. The summed E-state index contributed by atoms with van der Waals surface area (Å²) in [5.41, 5.74) is 5.35. The van der Waals surface area contributed by atoms with Gasteiger partial charge in [0.25, 0.3) is 0 Å². The van der Waals surface area contributed by atoms with Gasteiger partial charge in [-0.15, -0.1) is 0 Å². The zero-order valence-corrected chi connectivity index (χ0v) is 8.02. The van der Waals surface area contributed by atoms with Gasteiger partial charge in [0, 0.05) is 6.07 Å². The number of halogens is 1. The van der Waals surface area contributed by atoms with Crippen molar-refractivity contribution in [1.29, 1.82) is 0 Å². The van der Waals surface area contributed by atoms with E-state index in [-0.39, 0.29) is 0 Å². The number of hydrogen-bond donors (Lipinski definition) is 1. The van der Waals surface area contributed by atoms with E-state index < -0.39 is 16.4 Å². The third-order valence-electron chi connectivity index (χ3n) is 1.81. The van der Waals surface area contributed by atoms with Gasteiger partial charge in [0.05, 0.1) is 4.92 Å². The molecule has 15 heavy (non-hydrogen) atoms. The van der Waals surface area contributed by atoms with Gasteiger partial charge in [0.15, 0.2) is 0 Å². The van der Waals surface area contributed by atoms with E-state index in [0.29, 0.717) is 18.5 Å². The zero-order valence-electron chi connectivity index (χ0n) is 8.02. The Labute approximate surface area is 86.4 Å². The first-order valence-electron chi connectivity index (χ1n) is 4.45. The van der Waals surface area contributed by atoms with Gasteiger partial charge in [-0.05, 0) is 30.7 Å². The number of nitrogens with zero attached hydrogens (tertiary/aromatic N) is 1. The maximum atomic E-state index is 13.1. The molecule has 0 aliphatic rings. The molecule has 0 atom stereocenters. The largest absolute Gasteiger partial charge is 0.330 e. The molecule has 0 aromatic heterocycles. The van der Waals surface area contributed by atoms with Crippen molar-refractivity contribution in [2.75, 3.05) is 6.54 Å². The Morgan fingerprint density at radius 2 is 2.27 bits per heavy atom. The van der Waals surface area contributed by atoms with Crippen molar-refractivity contribution in [3.8, 4) is 0 Å². The summed E-state index contributed by atoms with van der Waals surface area (Å²) in [4.78, 5) is 9.58. The van der Waals surface area contributed by atoms with E-state index in [1.807, 2.05) is 0 Å². The molecule has 0 unspecified atom stereocenters. The van der Waals surface area contributed by atoms with Crippen LogP contribution in [-0.2, 0) is 0 Å². The van der Waals surface area contributed by atoms with E-state index in [0.717, 1.165) is 12.1 Å². The SMILES string of the molecule is NCCC=Cc1ccc([N+](=O)[O-])c(F)c1. The number of benzene rings is 1. The van der Waals surface area contributed by atoms with Crippen LogP contribution in [0, 0.1) is 15.9 Å². The summed E-state index contributed by atoms with van der Waals surface area (Å²) in [5.74, 6) is -0.824. The first-order valence-corrected chi connectivity index (χ1v) is 4.45. The van der Waals surface area contributed by atoms with Crippen molar-refractivity contribution in [2.45, 2.75) is 6.42 Å². The van der Waals surface area contributed by atoms with Gasteiger partial charge in [-0.2, -0.15) is 4.39 Å². The van der Waals surface area contributed by atoms with Crippen LogP contribution in [0.4, 0.5) is 10.1 Å². The summed E-state index contributed by atoms with van der Waals surface area (Å²) >= 11 is 0. The van der Waals surface area contributed by atoms with Crippen LogP contribution in [0.15, 0.2) is 24.3 Å². The first-order chi connectivity index (χ1) is 7.15. The maximum absolute atomic E-state index is 13.1. The molecule has 1 aromatic rings. The molecule has 0 spiro atoms. The highest BCUT2D eigenvalue weighted by molar-refractivity contribution is 5.52. The van der Waals surface area contributed by atoms with E-state index in [4.69, 9.17) is 5.73 Å². The quantitative estimate of drug-likeness (QED) is 0.611. The molecule has 0 bridgehead atoms. The van der Waals surface area contributed by atoms with E-state index in [1.54, 1.807) is 12.2 Å². The molecule has 0 aliphatic carbocycles. The van der Waals surface area contributed by atoms with Crippen LogP contribution in [0.5, 0.6) is 0 Å². The fourth-order valence-corrected chi connectivity index (χ4v) is 1.09. The van der Waals surface area contributed by atoms with Crippen molar-refractivity contribution < 1.29 is 9.31 Å². The summed E-state index contributed by atoms with van der Waals surface area (Å²) in [6.45, 7) is 0.520. The molecule has 0 heterocycles. The van der Waals surface area contributed by atoms with Crippen LogP contribution < -0.4 is 5.73 Å². The number of nitrogens with two attached hydrogens (primary N) is 1. The average molecular weight is 210 g/mol. The van der Waals surface area contributed by atoms with Gasteiger partial charge in [0.1, 0.15) is 0 Å². The van der Waals surface area contributed by atoms with Gasteiger partial charge in [0.2, 0.25) is 5.82 Å². The van der Waals surface area contributed by atoms with Gasteiger partial charge < -0.3 is 5.73 Å². The maximum Gasteiger partial charge on any atom is 0.304 e. The second-order valence-corrected chi connectivity index (χ2v) is 2.95. The molecule has 0 amide bonds. The Hall–Kier alpha value is -1.75. The Kier molecular flexibility index (Phi) is 3.93. The van der Waals surface area contributed by atoms with E-state index in [1.165, 1.54) is 6.07 Å². The molecule has 80 valence electrons. The molecular formula is C10H11FN2O2. The van der Waals surface area contributed by atoms with Crippen LogP contribution >= 0.6 is 0 Å². The first kappa shape index (κ1) is 11.3. The lowest BCUT2D eigenvalue weighted by Gasteiger charge is -1.96. The topological polar surface area (TPSA) is 69.2 Å². The molecule has 0 saturated heterocycles. The number of rotatable bonds is 4. The molecular weight excluding hydrogens is 199 g/mol. The lowest BCUT2D eigenvalue weighted by molar-refractivity contribution is -0.387. The van der Waals surface area contributed by atoms with Crippen molar-refractivity contribution >= 4 is 11.8 Å². The highest BCUT2D eigenvalue weighted by atomic mass is 19.1. The molecule has 0 saturated carbocycles. The lowest BCUT2D eigenvalue weighted by Crippen LogP contribution is -1.95. The highest BCUT2D eigenvalue weighted by Crippen LogP contribution is 2.18. The summed E-state index contributed by atoms with van der Waals surface area (Å²) in [7, 11) is 0. The second kappa shape index (κ2) is 5.21. The van der Waals surface area contributed by atoms with E-state index >= 15 is 0 Å². The number of nitro benzene ring substituents is 1. The second-order valence-electron chi connectivity index (χ2n) is 2.95. The van der Waals surface area contributed by atoms with Crippen molar-refractivity contribution in [3.05, 3.63) is 45.8 Å². The van der Waals surface area contributed by atoms with Gasteiger partial charge >= 0.3 is 5.69 Å². The standard InChI is InChI=1S/C10H11FN2O2/c11-9-7-8(3-1-2-6-12)4-5-10(9)13(14)15/h1,3-5,7H,2,6,12H2. The Morgan fingerprint density at radius 1 is 1.53 bits per heavy atom. The fraction of sp³-hybridized carbons (Fsp3) is 0.200. The van der Waals surface area contributed by atoms with Crippen LogP contribution in [0.1, 0.15) is 12.0 Å². The van der Waals surface area contributed by atoms with E-state index in [9.17, 15) is 14.5 Å². The van der Waals surface area contributed by atoms with Crippen molar-refractivity contribution in [2.24, 2.45) is 5.73 Å². The molecule has 0 fully saturated rings. The average Bonchev–Trinajstić information content (AvgIpc) is 2.17. The number of nitro groups is 1. The van der Waals surface area contributed by atoms with Gasteiger partial charge in [-0.1, -0.05) is 12.2 Å². The molecule has 0 aliphatic heterocycles. The third-order valence-corrected chi connectivity index (χ3v) is 1.81. The van der Waals surface area contributed by atoms with Crippen LogP contribution in [0.2, 0.25) is 0 Å². The Bertz CT molecular complexity index is 391. The highest BCUT2D eigenvalue weighted by Gasteiger charge is 2.12. The molecule has 1 rings (SSSR count). The number of hydrogen-bond acceptors (Lipinski definition) is 3. The predicted molar refractivity (Wildman–Crippen MR) is 55.8 cm³/mol. The Morgan fingerprint density at radius 3 is 2.80 bits per heavy atom. The van der Waals surface area contributed by atoms with Crippen molar-refractivity contribution in [1.82, 2.24) is 0 Å². The fourth-order valence-electron chi connectivity index (χ4n) is 1.09. The lowest BCUT2D eigenvalue weighted by atomic mass is 10.2. The van der Waals surface area contributed by atoms with Gasteiger partial charge in [-0.3, -0.25) is 10.1 Å². The third kappa shape index (κ3) is 3.14. The molecule has 0 radical (unpaired) electrons. The predicted octanol–water partition coefficient (Wildman–Crippen LogP) is 2.10. The van der Waals surface area contributed by atoms with Crippen LogP contribution in [0.3, 0.4) is 0 Å². The van der Waals surface area contributed by atoms with Gasteiger partial charge in [-0.25, -0.2) is 0 Å². The minimum absolute atomic E-state index is 0.508.